The van der Waals surface area contributed by atoms with Gasteiger partial charge in [0.1, 0.15) is 0 Å². The molecule has 156 valence electrons. The molecule has 5 nitrogen and oxygen atoms in total. The molecule has 0 N–H and O–H groups in total. The fourth-order valence-electron chi connectivity index (χ4n) is 3.72. The number of nitrogens with zero attached hydrogens (tertiary/aromatic N) is 2. The van der Waals surface area contributed by atoms with Crippen molar-refractivity contribution in [3.63, 3.8) is 0 Å². The summed E-state index contributed by atoms with van der Waals surface area (Å²) in [5, 5.41) is 0.655. The predicted molar refractivity (Wildman–Crippen MR) is 116 cm³/mol. The van der Waals surface area contributed by atoms with Crippen LogP contribution in [0, 0.1) is 5.92 Å². The van der Waals surface area contributed by atoms with E-state index in [1.165, 1.54) is 4.31 Å². The van der Waals surface area contributed by atoms with Gasteiger partial charge in [-0.25, -0.2) is 12.7 Å². The van der Waals surface area contributed by atoms with Crippen LogP contribution in [-0.4, -0.2) is 43.2 Å². The van der Waals surface area contributed by atoms with E-state index in [0.717, 1.165) is 11.1 Å². The molecule has 1 fully saturated rings. The van der Waals surface area contributed by atoms with E-state index in [-0.39, 0.29) is 17.6 Å². The zero-order valence-corrected chi connectivity index (χ0v) is 18.2. The number of rotatable bonds is 7. The van der Waals surface area contributed by atoms with Crippen molar-refractivity contribution >= 4 is 27.5 Å². The van der Waals surface area contributed by atoms with Gasteiger partial charge in [0, 0.05) is 37.1 Å². The second-order valence-electron chi connectivity index (χ2n) is 7.40. The molecule has 0 bridgehead atoms. The van der Waals surface area contributed by atoms with Gasteiger partial charge in [-0.05, 0) is 43.0 Å². The molecule has 0 atom stereocenters. The summed E-state index contributed by atoms with van der Waals surface area (Å²) in [5.74, 6) is -0.0487. The first-order valence-electron chi connectivity index (χ1n) is 9.94. The maximum absolute atomic E-state index is 13.0. The number of hydrogen-bond donors (Lipinski definition) is 0. The van der Waals surface area contributed by atoms with Gasteiger partial charge in [-0.3, -0.25) is 4.79 Å². The third-order valence-electron chi connectivity index (χ3n) is 5.34. The van der Waals surface area contributed by atoms with Crippen molar-refractivity contribution in [3.8, 4) is 0 Å². The fourth-order valence-corrected chi connectivity index (χ4v) is 5.49. The van der Waals surface area contributed by atoms with Crippen molar-refractivity contribution in [2.45, 2.75) is 32.1 Å². The number of carbonyl (C=O) groups is 1. The third-order valence-corrected chi connectivity index (χ3v) is 7.43. The van der Waals surface area contributed by atoms with E-state index >= 15 is 0 Å². The van der Waals surface area contributed by atoms with Gasteiger partial charge in [0.15, 0.2) is 0 Å². The summed E-state index contributed by atoms with van der Waals surface area (Å²) in [7, 11) is -3.37. The number of amides is 1. The van der Waals surface area contributed by atoms with E-state index in [0.29, 0.717) is 44.0 Å². The number of piperidine rings is 1. The molecule has 2 aromatic carbocycles. The maximum atomic E-state index is 13.0. The van der Waals surface area contributed by atoms with E-state index in [4.69, 9.17) is 11.6 Å². The summed E-state index contributed by atoms with van der Waals surface area (Å²) in [6.07, 6.45) is 1.11. The van der Waals surface area contributed by atoms with Crippen molar-refractivity contribution < 1.29 is 13.2 Å². The lowest BCUT2D eigenvalue weighted by Gasteiger charge is -2.33. The molecule has 0 saturated carbocycles. The molecule has 0 spiro atoms. The SMILES string of the molecule is CCN(Cc1cccc(Cl)c1)C(=O)C1CCN(S(=O)(=O)Cc2ccccc2)CC1. The van der Waals surface area contributed by atoms with Crippen LogP contribution in [0.25, 0.3) is 0 Å². The molecule has 0 radical (unpaired) electrons. The number of carbonyl (C=O) groups excluding carboxylic acids is 1. The first kappa shape index (κ1) is 21.8. The minimum atomic E-state index is -3.37. The zero-order chi connectivity index (χ0) is 20.9. The van der Waals surface area contributed by atoms with Gasteiger partial charge in [0.05, 0.1) is 5.75 Å². The Morgan fingerprint density at radius 2 is 1.72 bits per heavy atom. The van der Waals surface area contributed by atoms with Gasteiger partial charge in [0.2, 0.25) is 15.9 Å². The van der Waals surface area contributed by atoms with Gasteiger partial charge in [-0.15, -0.1) is 0 Å². The summed E-state index contributed by atoms with van der Waals surface area (Å²) in [4.78, 5) is 14.8. The summed E-state index contributed by atoms with van der Waals surface area (Å²) < 4.78 is 27.0. The molecular formula is C22H27ClN2O3S. The lowest BCUT2D eigenvalue weighted by atomic mass is 9.96. The molecule has 1 amide bonds. The predicted octanol–water partition coefficient (Wildman–Crippen LogP) is 3.93. The van der Waals surface area contributed by atoms with Crippen molar-refractivity contribution in [3.05, 3.63) is 70.7 Å². The maximum Gasteiger partial charge on any atom is 0.226 e. The largest absolute Gasteiger partial charge is 0.338 e. The van der Waals surface area contributed by atoms with Crippen LogP contribution in [0.1, 0.15) is 30.9 Å². The summed E-state index contributed by atoms with van der Waals surface area (Å²) in [5.41, 5.74) is 1.78. The van der Waals surface area contributed by atoms with Crippen molar-refractivity contribution in [2.24, 2.45) is 5.92 Å². The highest BCUT2D eigenvalue weighted by molar-refractivity contribution is 7.88. The fraction of sp³-hybridized carbons (Fsp3) is 0.409. The number of halogens is 1. The highest BCUT2D eigenvalue weighted by Gasteiger charge is 2.32. The van der Waals surface area contributed by atoms with E-state index in [1.807, 2.05) is 66.4 Å². The van der Waals surface area contributed by atoms with Crippen LogP contribution in [0.5, 0.6) is 0 Å². The van der Waals surface area contributed by atoms with E-state index in [2.05, 4.69) is 0 Å². The molecule has 1 heterocycles. The van der Waals surface area contributed by atoms with Gasteiger partial charge in [-0.2, -0.15) is 0 Å². The Morgan fingerprint density at radius 1 is 1.07 bits per heavy atom. The highest BCUT2D eigenvalue weighted by atomic mass is 35.5. The van der Waals surface area contributed by atoms with Crippen LogP contribution in [-0.2, 0) is 27.1 Å². The van der Waals surface area contributed by atoms with Crippen LogP contribution < -0.4 is 0 Å². The Hall–Kier alpha value is -1.89. The first-order chi connectivity index (χ1) is 13.9. The summed E-state index contributed by atoms with van der Waals surface area (Å²) in [6, 6.07) is 16.7. The average molecular weight is 435 g/mol. The van der Waals surface area contributed by atoms with Crippen LogP contribution in [0.2, 0.25) is 5.02 Å². The molecule has 3 rings (SSSR count). The molecule has 0 unspecified atom stereocenters. The van der Waals surface area contributed by atoms with Gasteiger partial charge in [0.25, 0.3) is 0 Å². The zero-order valence-electron chi connectivity index (χ0n) is 16.6. The Morgan fingerprint density at radius 3 is 2.34 bits per heavy atom. The third kappa shape index (κ3) is 5.81. The molecule has 1 saturated heterocycles. The number of benzene rings is 2. The van der Waals surface area contributed by atoms with Gasteiger partial charge in [-0.1, -0.05) is 54.1 Å². The summed E-state index contributed by atoms with van der Waals surface area (Å²) >= 11 is 6.05. The molecule has 1 aliphatic rings. The van der Waals surface area contributed by atoms with E-state index in [9.17, 15) is 13.2 Å². The molecule has 0 aromatic heterocycles. The Bertz CT molecular complexity index is 926. The number of hydrogen-bond acceptors (Lipinski definition) is 3. The molecule has 2 aromatic rings. The Balaban J connectivity index is 1.58. The molecular weight excluding hydrogens is 408 g/mol. The normalized spacial score (nSPS) is 15.9. The summed E-state index contributed by atoms with van der Waals surface area (Å²) in [6.45, 7) is 3.86. The van der Waals surface area contributed by atoms with Crippen LogP contribution in [0.3, 0.4) is 0 Å². The van der Waals surface area contributed by atoms with Crippen molar-refractivity contribution in [1.82, 2.24) is 9.21 Å². The van der Waals surface area contributed by atoms with Crippen LogP contribution >= 0.6 is 11.6 Å². The molecule has 29 heavy (non-hydrogen) atoms. The van der Waals surface area contributed by atoms with Crippen LogP contribution in [0.15, 0.2) is 54.6 Å². The van der Waals surface area contributed by atoms with Crippen molar-refractivity contribution in [1.29, 1.82) is 0 Å². The average Bonchev–Trinajstić information content (AvgIpc) is 2.72. The minimum absolute atomic E-state index is 0.00229. The number of sulfonamides is 1. The monoisotopic (exact) mass is 434 g/mol. The second kappa shape index (κ2) is 9.74. The lowest BCUT2D eigenvalue weighted by Crippen LogP contribution is -2.44. The molecule has 7 heteroatoms. The minimum Gasteiger partial charge on any atom is -0.338 e. The van der Waals surface area contributed by atoms with Gasteiger partial charge >= 0.3 is 0 Å². The van der Waals surface area contributed by atoms with Crippen molar-refractivity contribution in [2.75, 3.05) is 19.6 Å². The molecule has 1 aliphatic heterocycles. The van der Waals surface area contributed by atoms with Gasteiger partial charge < -0.3 is 4.90 Å². The first-order valence-corrected chi connectivity index (χ1v) is 11.9. The second-order valence-corrected chi connectivity index (χ2v) is 9.80. The standard InChI is InChI=1S/C22H27ClN2O3S/c1-2-24(16-19-9-6-10-21(23)15-19)22(26)20-11-13-25(14-12-20)29(27,28)17-18-7-4-3-5-8-18/h3-10,15,20H,2,11-14,16-17H2,1H3. The Kier molecular flexibility index (Phi) is 7.33. The molecule has 0 aliphatic carbocycles. The topological polar surface area (TPSA) is 57.7 Å². The Labute approximate surface area is 178 Å². The van der Waals surface area contributed by atoms with E-state index in [1.54, 1.807) is 0 Å². The van der Waals surface area contributed by atoms with E-state index < -0.39 is 10.0 Å². The smallest absolute Gasteiger partial charge is 0.226 e. The van der Waals surface area contributed by atoms with Crippen LogP contribution in [0.4, 0.5) is 0 Å². The highest BCUT2D eigenvalue weighted by Crippen LogP contribution is 2.24. The lowest BCUT2D eigenvalue weighted by molar-refractivity contribution is -0.137. The quantitative estimate of drug-likeness (QED) is 0.663.